The number of hydrogen-bond acceptors (Lipinski definition) is 1. The van der Waals surface area contributed by atoms with E-state index in [1.807, 2.05) is 13.0 Å². The summed E-state index contributed by atoms with van der Waals surface area (Å²) in [5.41, 5.74) is 0.984. The minimum Gasteiger partial charge on any atom is -0.207 e. The Labute approximate surface area is 77.2 Å². The predicted molar refractivity (Wildman–Crippen MR) is 52.1 cm³/mol. The van der Waals surface area contributed by atoms with Gasteiger partial charge in [-0.3, -0.25) is 0 Å². The lowest BCUT2D eigenvalue weighted by molar-refractivity contribution is 0.623. The molecule has 1 aromatic carbocycles. The maximum atomic E-state index is 12.9. The smallest absolute Gasteiger partial charge is 0.124 e. The zero-order chi connectivity index (χ0) is 9.14. The molecule has 0 amide bonds. The van der Waals surface area contributed by atoms with Crippen molar-refractivity contribution in [1.29, 1.82) is 0 Å². The lowest BCUT2D eigenvalue weighted by Gasteiger charge is -2.05. The van der Waals surface area contributed by atoms with E-state index in [2.05, 4.69) is 13.8 Å². The van der Waals surface area contributed by atoms with E-state index in [0.29, 0.717) is 5.25 Å². The summed E-state index contributed by atoms with van der Waals surface area (Å²) in [7, 11) is 0. The highest BCUT2D eigenvalue weighted by Gasteiger charge is 2.00. The van der Waals surface area contributed by atoms with Crippen molar-refractivity contribution in [2.75, 3.05) is 0 Å². The molecule has 1 aromatic rings. The first kappa shape index (κ1) is 9.59. The Morgan fingerprint density at radius 3 is 2.42 bits per heavy atom. The third-order valence-corrected chi connectivity index (χ3v) is 2.37. The number of thioether (sulfide) groups is 1. The van der Waals surface area contributed by atoms with Crippen molar-refractivity contribution in [2.24, 2.45) is 0 Å². The molecule has 0 atom stereocenters. The molecule has 66 valence electrons. The zero-order valence-electron chi connectivity index (χ0n) is 7.60. The van der Waals surface area contributed by atoms with E-state index in [4.69, 9.17) is 0 Å². The summed E-state index contributed by atoms with van der Waals surface area (Å²) in [4.78, 5) is 1.02. The summed E-state index contributed by atoms with van der Waals surface area (Å²) < 4.78 is 12.9. The summed E-state index contributed by atoms with van der Waals surface area (Å²) in [6.07, 6.45) is 0. The summed E-state index contributed by atoms with van der Waals surface area (Å²) in [5, 5.41) is 0.506. The average molecular weight is 184 g/mol. The van der Waals surface area contributed by atoms with Gasteiger partial charge < -0.3 is 0 Å². The van der Waals surface area contributed by atoms with Gasteiger partial charge in [-0.15, -0.1) is 11.8 Å². The molecule has 0 saturated heterocycles. The van der Waals surface area contributed by atoms with Crippen LogP contribution in [0.4, 0.5) is 4.39 Å². The molecule has 0 N–H and O–H groups in total. The van der Waals surface area contributed by atoms with Gasteiger partial charge in [0.15, 0.2) is 0 Å². The van der Waals surface area contributed by atoms with Crippen LogP contribution in [0.3, 0.4) is 0 Å². The first-order valence-electron chi connectivity index (χ1n) is 4.02. The van der Waals surface area contributed by atoms with Crippen molar-refractivity contribution in [3.05, 3.63) is 29.6 Å². The van der Waals surface area contributed by atoms with E-state index in [1.54, 1.807) is 23.9 Å². The van der Waals surface area contributed by atoms with Gasteiger partial charge in [-0.1, -0.05) is 13.8 Å². The molecule has 12 heavy (non-hydrogen) atoms. The van der Waals surface area contributed by atoms with Crippen LogP contribution in [0.25, 0.3) is 0 Å². The summed E-state index contributed by atoms with van der Waals surface area (Å²) >= 11 is 1.69. The fourth-order valence-electron chi connectivity index (χ4n) is 1.04. The van der Waals surface area contributed by atoms with Crippen molar-refractivity contribution in [3.63, 3.8) is 0 Å². The van der Waals surface area contributed by atoms with Crippen LogP contribution in [0.5, 0.6) is 0 Å². The predicted octanol–water partition coefficient (Wildman–Crippen LogP) is 3.63. The third-order valence-electron chi connectivity index (χ3n) is 1.39. The second-order valence-corrected chi connectivity index (χ2v) is 4.78. The van der Waals surface area contributed by atoms with Crippen LogP contribution in [-0.2, 0) is 0 Å². The first-order valence-corrected chi connectivity index (χ1v) is 4.90. The van der Waals surface area contributed by atoms with Gasteiger partial charge in [0.1, 0.15) is 5.82 Å². The molecule has 0 aromatic heterocycles. The zero-order valence-corrected chi connectivity index (χ0v) is 8.41. The van der Waals surface area contributed by atoms with Crippen LogP contribution in [-0.4, -0.2) is 5.25 Å². The molecule has 0 aliphatic heterocycles. The highest BCUT2D eigenvalue weighted by molar-refractivity contribution is 7.99. The summed E-state index contributed by atoms with van der Waals surface area (Å²) in [6.45, 7) is 6.11. The standard InChI is InChI=1S/C10H13FS/c1-7(2)12-10-5-8(3)4-9(11)6-10/h4-7H,1-3H3. The quantitative estimate of drug-likeness (QED) is 0.632. The Bertz CT molecular complexity index is 248. The number of halogens is 1. The lowest BCUT2D eigenvalue weighted by atomic mass is 10.2. The molecular formula is C10H13FS. The first-order chi connectivity index (χ1) is 5.58. The maximum Gasteiger partial charge on any atom is 0.124 e. The van der Waals surface area contributed by atoms with Crippen LogP contribution in [0.2, 0.25) is 0 Å². The van der Waals surface area contributed by atoms with Crippen LogP contribution < -0.4 is 0 Å². The van der Waals surface area contributed by atoms with E-state index >= 15 is 0 Å². The Balaban J connectivity index is 2.85. The minimum atomic E-state index is -0.141. The Hall–Kier alpha value is -0.500. The number of hydrogen-bond donors (Lipinski definition) is 0. The second kappa shape index (κ2) is 3.94. The van der Waals surface area contributed by atoms with Crippen molar-refractivity contribution in [1.82, 2.24) is 0 Å². The highest BCUT2D eigenvalue weighted by Crippen LogP contribution is 2.24. The maximum absolute atomic E-state index is 12.9. The SMILES string of the molecule is Cc1cc(F)cc(SC(C)C)c1. The van der Waals surface area contributed by atoms with Crippen LogP contribution >= 0.6 is 11.8 Å². The molecular weight excluding hydrogens is 171 g/mol. The van der Waals surface area contributed by atoms with Gasteiger partial charge in [-0.2, -0.15) is 0 Å². The normalized spacial score (nSPS) is 10.8. The van der Waals surface area contributed by atoms with Gasteiger partial charge in [0.2, 0.25) is 0 Å². The second-order valence-electron chi connectivity index (χ2n) is 3.13. The van der Waals surface area contributed by atoms with E-state index in [9.17, 15) is 4.39 Å². The molecule has 0 fully saturated rings. The monoisotopic (exact) mass is 184 g/mol. The van der Waals surface area contributed by atoms with Crippen molar-refractivity contribution in [3.8, 4) is 0 Å². The van der Waals surface area contributed by atoms with Gasteiger partial charge in [0, 0.05) is 10.1 Å². The van der Waals surface area contributed by atoms with Crippen molar-refractivity contribution in [2.45, 2.75) is 30.9 Å². The van der Waals surface area contributed by atoms with E-state index in [1.165, 1.54) is 0 Å². The number of aryl methyl sites for hydroxylation is 1. The Morgan fingerprint density at radius 1 is 1.25 bits per heavy atom. The molecule has 0 aliphatic carbocycles. The number of benzene rings is 1. The largest absolute Gasteiger partial charge is 0.207 e. The van der Waals surface area contributed by atoms with Gasteiger partial charge in [0.05, 0.1) is 0 Å². The molecule has 0 heterocycles. The summed E-state index contributed by atoms with van der Waals surface area (Å²) in [5.74, 6) is -0.141. The van der Waals surface area contributed by atoms with Gasteiger partial charge in [-0.25, -0.2) is 4.39 Å². The molecule has 0 nitrogen and oxygen atoms in total. The van der Waals surface area contributed by atoms with Gasteiger partial charge in [0.25, 0.3) is 0 Å². The van der Waals surface area contributed by atoms with E-state index in [0.717, 1.165) is 10.5 Å². The third kappa shape index (κ3) is 2.86. The fourth-order valence-corrected chi connectivity index (χ4v) is 2.02. The van der Waals surface area contributed by atoms with Gasteiger partial charge in [-0.05, 0) is 30.7 Å². The van der Waals surface area contributed by atoms with Crippen LogP contribution in [0, 0.1) is 12.7 Å². The van der Waals surface area contributed by atoms with Crippen molar-refractivity contribution < 1.29 is 4.39 Å². The average Bonchev–Trinajstić information content (AvgIpc) is 1.81. The van der Waals surface area contributed by atoms with E-state index in [-0.39, 0.29) is 5.82 Å². The highest BCUT2D eigenvalue weighted by atomic mass is 32.2. The van der Waals surface area contributed by atoms with Crippen molar-refractivity contribution >= 4 is 11.8 Å². The Kier molecular flexibility index (Phi) is 3.15. The fraction of sp³-hybridized carbons (Fsp3) is 0.400. The molecule has 0 saturated carbocycles. The molecule has 1 rings (SSSR count). The number of rotatable bonds is 2. The molecule has 0 bridgehead atoms. The van der Waals surface area contributed by atoms with Crippen LogP contribution in [0.1, 0.15) is 19.4 Å². The Morgan fingerprint density at radius 2 is 1.92 bits per heavy atom. The van der Waals surface area contributed by atoms with Crippen LogP contribution in [0.15, 0.2) is 23.1 Å². The molecule has 2 heteroatoms. The molecule has 0 radical (unpaired) electrons. The molecule has 0 spiro atoms. The molecule has 0 unspecified atom stereocenters. The summed E-state index contributed by atoms with van der Waals surface area (Å²) in [6, 6.07) is 5.13. The molecule has 0 aliphatic rings. The minimum absolute atomic E-state index is 0.141. The topological polar surface area (TPSA) is 0 Å². The van der Waals surface area contributed by atoms with Gasteiger partial charge >= 0.3 is 0 Å². The van der Waals surface area contributed by atoms with E-state index < -0.39 is 0 Å². The lowest BCUT2D eigenvalue weighted by Crippen LogP contribution is -1.87.